The molecule has 1 atom stereocenters. The maximum absolute atomic E-state index is 12.3. The highest BCUT2D eigenvalue weighted by atomic mass is 35.5. The Balaban J connectivity index is 1.70. The number of sulfone groups is 1. The second-order valence-corrected chi connectivity index (χ2v) is 8.07. The van der Waals surface area contributed by atoms with E-state index in [1.165, 1.54) is 24.3 Å². The summed E-state index contributed by atoms with van der Waals surface area (Å²) in [5, 5.41) is 3.09. The fourth-order valence-corrected chi connectivity index (χ4v) is 3.70. The van der Waals surface area contributed by atoms with Crippen molar-refractivity contribution >= 4 is 38.4 Å². The zero-order chi connectivity index (χ0) is 18.0. The number of hydrogen-bond acceptors (Lipinski definition) is 4. The average molecular weight is 378 g/mol. The summed E-state index contributed by atoms with van der Waals surface area (Å²) in [5.74, 6) is -0.666. The van der Waals surface area contributed by atoms with Crippen LogP contribution in [0.15, 0.2) is 53.4 Å². The third-order valence-electron chi connectivity index (χ3n) is 3.69. The summed E-state index contributed by atoms with van der Waals surface area (Å²) in [4.78, 5) is 19.7. The zero-order valence-corrected chi connectivity index (χ0v) is 14.9. The number of para-hydroxylation sites is 2. The lowest BCUT2D eigenvalue weighted by molar-refractivity contribution is -0.119. The molecule has 25 heavy (non-hydrogen) atoms. The number of benzene rings is 2. The molecule has 1 heterocycles. The molecule has 0 bridgehead atoms. The van der Waals surface area contributed by atoms with Gasteiger partial charge in [0.25, 0.3) is 0 Å². The third-order valence-corrected chi connectivity index (χ3v) is 5.57. The number of aromatic amines is 1. The van der Waals surface area contributed by atoms with E-state index >= 15 is 0 Å². The van der Waals surface area contributed by atoms with Crippen molar-refractivity contribution in [2.45, 2.75) is 17.9 Å². The fraction of sp³-hybridized carbons (Fsp3) is 0.176. The molecule has 0 aliphatic carbocycles. The Morgan fingerprint density at radius 1 is 1.20 bits per heavy atom. The van der Waals surface area contributed by atoms with Crippen LogP contribution in [0.1, 0.15) is 18.8 Å². The van der Waals surface area contributed by atoms with E-state index in [0.29, 0.717) is 10.8 Å². The SMILES string of the molecule is CC(NC(=O)CS(=O)(=O)c1ccc(Cl)cc1)c1nc2ccccc2[nH]1. The normalized spacial score (nSPS) is 12.9. The van der Waals surface area contributed by atoms with E-state index in [-0.39, 0.29) is 4.90 Å². The molecule has 0 saturated heterocycles. The van der Waals surface area contributed by atoms with Crippen LogP contribution in [0.25, 0.3) is 11.0 Å². The van der Waals surface area contributed by atoms with E-state index in [1.54, 1.807) is 6.92 Å². The summed E-state index contributed by atoms with van der Waals surface area (Å²) in [7, 11) is -3.73. The van der Waals surface area contributed by atoms with Gasteiger partial charge in [0.15, 0.2) is 9.84 Å². The molecule has 0 spiro atoms. The molecule has 8 heteroatoms. The summed E-state index contributed by atoms with van der Waals surface area (Å²) in [6.07, 6.45) is 0. The van der Waals surface area contributed by atoms with Crippen LogP contribution in [0.3, 0.4) is 0 Å². The Morgan fingerprint density at radius 3 is 2.56 bits per heavy atom. The summed E-state index contributed by atoms with van der Waals surface area (Å²) in [6.45, 7) is 1.74. The molecule has 0 aliphatic heterocycles. The van der Waals surface area contributed by atoms with Crippen LogP contribution in [-0.4, -0.2) is 30.0 Å². The smallest absolute Gasteiger partial charge is 0.236 e. The van der Waals surface area contributed by atoms with Crippen molar-refractivity contribution < 1.29 is 13.2 Å². The Kier molecular flexibility index (Phi) is 4.78. The molecule has 0 saturated carbocycles. The number of aromatic nitrogens is 2. The first kappa shape index (κ1) is 17.4. The molecule has 0 fully saturated rings. The maximum atomic E-state index is 12.3. The molecule has 1 aromatic heterocycles. The van der Waals surface area contributed by atoms with E-state index in [9.17, 15) is 13.2 Å². The number of carbonyl (C=O) groups excluding carboxylic acids is 1. The molecule has 3 aromatic rings. The van der Waals surface area contributed by atoms with Gasteiger partial charge in [-0.05, 0) is 43.3 Å². The first-order valence-corrected chi connectivity index (χ1v) is 9.60. The maximum Gasteiger partial charge on any atom is 0.236 e. The Morgan fingerprint density at radius 2 is 1.88 bits per heavy atom. The van der Waals surface area contributed by atoms with Gasteiger partial charge < -0.3 is 10.3 Å². The molecule has 1 unspecified atom stereocenters. The molecular formula is C17H16ClN3O3S. The summed E-state index contributed by atoms with van der Waals surface area (Å²) >= 11 is 5.75. The van der Waals surface area contributed by atoms with Gasteiger partial charge in [0.05, 0.1) is 22.0 Å². The standard InChI is InChI=1S/C17H16ClN3O3S/c1-11(17-20-14-4-2-3-5-15(14)21-17)19-16(22)10-25(23,24)13-8-6-12(18)7-9-13/h2-9,11H,10H2,1H3,(H,19,22)(H,20,21). The predicted molar refractivity (Wildman–Crippen MR) is 96.2 cm³/mol. The van der Waals surface area contributed by atoms with Crippen molar-refractivity contribution in [3.05, 3.63) is 59.4 Å². The molecule has 0 aliphatic rings. The molecule has 3 rings (SSSR count). The van der Waals surface area contributed by atoms with Crippen molar-refractivity contribution in [1.82, 2.24) is 15.3 Å². The molecule has 0 radical (unpaired) electrons. The molecular weight excluding hydrogens is 362 g/mol. The van der Waals surface area contributed by atoms with Gasteiger partial charge in [0, 0.05) is 5.02 Å². The Labute approximate surface area is 150 Å². The lowest BCUT2D eigenvalue weighted by Gasteiger charge is -2.11. The number of imidazole rings is 1. The summed E-state index contributed by atoms with van der Waals surface area (Å²) < 4.78 is 24.6. The fourth-order valence-electron chi connectivity index (χ4n) is 2.43. The quantitative estimate of drug-likeness (QED) is 0.715. The highest BCUT2D eigenvalue weighted by molar-refractivity contribution is 7.92. The van der Waals surface area contributed by atoms with E-state index in [4.69, 9.17) is 11.6 Å². The molecule has 130 valence electrons. The van der Waals surface area contributed by atoms with Gasteiger partial charge in [0.2, 0.25) is 5.91 Å². The van der Waals surface area contributed by atoms with E-state index in [1.807, 2.05) is 24.3 Å². The summed E-state index contributed by atoms with van der Waals surface area (Å²) in [6, 6.07) is 12.8. The molecule has 6 nitrogen and oxygen atoms in total. The minimum Gasteiger partial charge on any atom is -0.346 e. The predicted octanol–water partition coefficient (Wildman–Crippen LogP) is 2.87. The number of fused-ring (bicyclic) bond motifs is 1. The van der Waals surface area contributed by atoms with Gasteiger partial charge in [-0.15, -0.1) is 0 Å². The van der Waals surface area contributed by atoms with Crippen LogP contribution >= 0.6 is 11.6 Å². The number of hydrogen-bond donors (Lipinski definition) is 2. The number of rotatable bonds is 5. The van der Waals surface area contributed by atoms with Crippen LogP contribution < -0.4 is 5.32 Å². The lowest BCUT2D eigenvalue weighted by Crippen LogP contribution is -2.32. The average Bonchev–Trinajstić information content (AvgIpc) is 2.99. The lowest BCUT2D eigenvalue weighted by atomic mass is 10.3. The minimum atomic E-state index is -3.73. The van der Waals surface area contributed by atoms with Gasteiger partial charge in [-0.25, -0.2) is 13.4 Å². The first-order chi connectivity index (χ1) is 11.8. The van der Waals surface area contributed by atoms with Crippen molar-refractivity contribution in [2.75, 3.05) is 5.75 Å². The van der Waals surface area contributed by atoms with E-state index in [2.05, 4.69) is 15.3 Å². The van der Waals surface area contributed by atoms with E-state index < -0.39 is 27.5 Å². The van der Waals surface area contributed by atoms with E-state index in [0.717, 1.165) is 11.0 Å². The Hall–Kier alpha value is -2.38. The highest BCUT2D eigenvalue weighted by Crippen LogP contribution is 2.17. The van der Waals surface area contributed by atoms with Gasteiger partial charge in [-0.3, -0.25) is 4.79 Å². The molecule has 2 N–H and O–H groups in total. The van der Waals surface area contributed by atoms with Gasteiger partial charge in [0.1, 0.15) is 11.6 Å². The number of amides is 1. The second kappa shape index (κ2) is 6.85. The molecule has 1 amide bonds. The van der Waals surface area contributed by atoms with Gasteiger partial charge in [-0.1, -0.05) is 23.7 Å². The van der Waals surface area contributed by atoms with Crippen molar-refractivity contribution in [1.29, 1.82) is 0 Å². The third kappa shape index (κ3) is 4.00. The number of nitrogens with zero attached hydrogens (tertiary/aromatic N) is 1. The van der Waals surface area contributed by atoms with Crippen LogP contribution in [0, 0.1) is 0 Å². The number of nitrogens with one attached hydrogen (secondary N) is 2. The number of carbonyl (C=O) groups is 1. The second-order valence-electron chi connectivity index (χ2n) is 5.64. The van der Waals surface area contributed by atoms with Crippen molar-refractivity contribution in [3.63, 3.8) is 0 Å². The van der Waals surface area contributed by atoms with Gasteiger partial charge >= 0.3 is 0 Å². The number of halogens is 1. The topological polar surface area (TPSA) is 91.9 Å². The van der Waals surface area contributed by atoms with Crippen LogP contribution in [0.2, 0.25) is 5.02 Å². The van der Waals surface area contributed by atoms with Crippen LogP contribution in [-0.2, 0) is 14.6 Å². The van der Waals surface area contributed by atoms with Crippen molar-refractivity contribution in [2.24, 2.45) is 0 Å². The minimum absolute atomic E-state index is 0.0587. The van der Waals surface area contributed by atoms with Gasteiger partial charge in [-0.2, -0.15) is 0 Å². The zero-order valence-electron chi connectivity index (χ0n) is 13.4. The van der Waals surface area contributed by atoms with Crippen LogP contribution in [0.5, 0.6) is 0 Å². The summed E-state index contributed by atoms with van der Waals surface area (Å²) in [5.41, 5.74) is 1.64. The van der Waals surface area contributed by atoms with Crippen LogP contribution in [0.4, 0.5) is 0 Å². The largest absolute Gasteiger partial charge is 0.346 e. The number of H-pyrrole nitrogens is 1. The molecule has 2 aromatic carbocycles. The van der Waals surface area contributed by atoms with Crippen molar-refractivity contribution in [3.8, 4) is 0 Å². The first-order valence-electron chi connectivity index (χ1n) is 7.57. The Bertz CT molecular complexity index is 980. The highest BCUT2D eigenvalue weighted by Gasteiger charge is 2.21. The monoisotopic (exact) mass is 377 g/mol.